The first-order valence-corrected chi connectivity index (χ1v) is 4.40. The van der Waals surface area contributed by atoms with Crippen molar-refractivity contribution in [1.29, 1.82) is 0 Å². The zero-order valence-corrected chi connectivity index (χ0v) is 8.55. The molecule has 0 atom stereocenters. The van der Waals surface area contributed by atoms with Gasteiger partial charge in [-0.15, -0.1) is 0 Å². The predicted molar refractivity (Wildman–Crippen MR) is 50.9 cm³/mol. The van der Waals surface area contributed by atoms with Crippen molar-refractivity contribution in [3.8, 4) is 0 Å². The molecular formula is C8H8ClF2N3O. The van der Waals surface area contributed by atoms with Crippen molar-refractivity contribution in [2.24, 2.45) is 0 Å². The van der Waals surface area contributed by atoms with Crippen molar-refractivity contribution in [3.63, 3.8) is 0 Å². The van der Waals surface area contributed by atoms with E-state index in [-0.39, 0.29) is 11.0 Å². The molecule has 1 heterocycles. The number of hydrogen-bond donors (Lipinski definition) is 1. The van der Waals surface area contributed by atoms with Crippen LogP contribution in [0.1, 0.15) is 13.3 Å². The Balaban J connectivity index is 2.59. The van der Waals surface area contributed by atoms with E-state index in [9.17, 15) is 13.6 Å². The highest BCUT2D eigenvalue weighted by atomic mass is 35.5. The van der Waals surface area contributed by atoms with Crippen LogP contribution in [0.15, 0.2) is 12.4 Å². The minimum Gasteiger partial charge on any atom is -0.310 e. The summed E-state index contributed by atoms with van der Waals surface area (Å²) in [5.74, 6) is -3.76. The molecule has 0 saturated carbocycles. The lowest BCUT2D eigenvalue weighted by Gasteiger charge is -2.09. The van der Waals surface area contributed by atoms with E-state index >= 15 is 0 Å². The second kappa shape index (κ2) is 4.48. The second-order valence-corrected chi connectivity index (χ2v) is 3.41. The average molecular weight is 236 g/mol. The molecule has 0 fully saturated rings. The molecule has 82 valence electrons. The number of nitrogens with zero attached hydrogens (tertiary/aromatic N) is 2. The van der Waals surface area contributed by atoms with Crippen LogP contribution in [-0.4, -0.2) is 21.8 Å². The van der Waals surface area contributed by atoms with Gasteiger partial charge < -0.3 is 5.32 Å². The molecule has 7 heteroatoms. The number of nitrogens with one attached hydrogen (secondary N) is 1. The molecule has 4 nitrogen and oxygen atoms in total. The lowest BCUT2D eigenvalue weighted by atomic mass is 10.2. The van der Waals surface area contributed by atoms with E-state index in [4.69, 9.17) is 11.6 Å². The van der Waals surface area contributed by atoms with Gasteiger partial charge in [0.2, 0.25) is 5.91 Å². The van der Waals surface area contributed by atoms with Crippen LogP contribution < -0.4 is 5.32 Å². The minimum atomic E-state index is -3.04. The van der Waals surface area contributed by atoms with Gasteiger partial charge >= 0.3 is 0 Å². The zero-order valence-electron chi connectivity index (χ0n) is 7.80. The van der Waals surface area contributed by atoms with Gasteiger partial charge in [-0.1, -0.05) is 11.6 Å². The maximum atomic E-state index is 12.4. The minimum absolute atomic E-state index is 0.101. The Kier molecular flexibility index (Phi) is 3.52. The SMILES string of the molecule is CC(F)(F)CC(=O)Nc1cc(Cl)ncn1. The molecule has 0 aliphatic carbocycles. The Labute approximate surface area is 89.7 Å². The lowest BCUT2D eigenvalue weighted by molar-refractivity contribution is -0.122. The first kappa shape index (κ1) is 11.8. The molecule has 0 aliphatic rings. The van der Waals surface area contributed by atoms with Crippen LogP contribution >= 0.6 is 11.6 Å². The molecule has 0 saturated heterocycles. The van der Waals surface area contributed by atoms with E-state index in [2.05, 4.69) is 15.3 Å². The molecule has 0 bridgehead atoms. The molecule has 1 rings (SSSR count). The van der Waals surface area contributed by atoms with Crippen LogP contribution in [-0.2, 0) is 4.79 Å². The van der Waals surface area contributed by atoms with Crippen molar-refractivity contribution in [1.82, 2.24) is 9.97 Å². The number of amides is 1. The van der Waals surface area contributed by atoms with Gasteiger partial charge in [-0.3, -0.25) is 4.79 Å². The standard InChI is InChI=1S/C8H8ClF2N3O/c1-8(10,11)3-7(15)14-6-2-5(9)12-4-13-6/h2,4H,3H2,1H3,(H,12,13,14,15). The molecule has 1 amide bonds. The molecule has 1 N–H and O–H groups in total. The van der Waals surface area contributed by atoms with Gasteiger partial charge in [-0.2, -0.15) is 0 Å². The Morgan fingerprint density at radius 1 is 1.60 bits per heavy atom. The summed E-state index contributed by atoms with van der Waals surface area (Å²) in [5.41, 5.74) is 0. The predicted octanol–water partition coefficient (Wildman–Crippen LogP) is 2.11. The highest BCUT2D eigenvalue weighted by Gasteiger charge is 2.25. The summed E-state index contributed by atoms with van der Waals surface area (Å²) in [6, 6.07) is 1.27. The number of anilines is 1. The number of alkyl halides is 2. The van der Waals surface area contributed by atoms with Gasteiger partial charge in [0.1, 0.15) is 17.3 Å². The van der Waals surface area contributed by atoms with E-state index < -0.39 is 18.3 Å². The average Bonchev–Trinajstić information content (AvgIpc) is 1.99. The molecule has 0 unspecified atom stereocenters. The summed E-state index contributed by atoms with van der Waals surface area (Å²) in [7, 11) is 0. The summed E-state index contributed by atoms with van der Waals surface area (Å²) >= 11 is 5.51. The largest absolute Gasteiger partial charge is 0.310 e. The molecule has 1 aromatic heterocycles. The summed E-state index contributed by atoms with van der Waals surface area (Å²) in [6.45, 7) is 0.666. The van der Waals surface area contributed by atoms with E-state index in [1.165, 1.54) is 6.07 Å². The van der Waals surface area contributed by atoms with Gasteiger partial charge in [-0.05, 0) is 6.92 Å². The number of aromatic nitrogens is 2. The van der Waals surface area contributed by atoms with Crippen molar-refractivity contribution >= 4 is 23.3 Å². The van der Waals surface area contributed by atoms with E-state index in [0.717, 1.165) is 6.33 Å². The fourth-order valence-corrected chi connectivity index (χ4v) is 1.02. The molecule has 1 aromatic rings. The highest BCUT2D eigenvalue weighted by molar-refractivity contribution is 6.29. The van der Waals surface area contributed by atoms with Crippen LogP contribution in [0.5, 0.6) is 0 Å². The molecule has 0 radical (unpaired) electrons. The van der Waals surface area contributed by atoms with E-state index in [0.29, 0.717) is 6.92 Å². The topological polar surface area (TPSA) is 54.9 Å². The van der Waals surface area contributed by atoms with Crippen molar-refractivity contribution < 1.29 is 13.6 Å². The third kappa shape index (κ3) is 4.64. The third-order valence-electron chi connectivity index (χ3n) is 1.37. The van der Waals surface area contributed by atoms with Gasteiger partial charge in [-0.25, -0.2) is 18.7 Å². The highest BCUT2D eigenvalue weighted by Crippen LogP contribution is 2.17. The van der Waals surface area contributed by atoms with Crippen LogP contribution in [0.4, 0.5) is 14.6 Å². The van der Waals surface area contributed by atoms with Crippen molar-refractivity contribution in [2.45, 2.75) is 19.3 Å². The lowest BCUT2D eigenvalue weighted by Crippen LogP contribution is -2.22. The smallest absolute Gasteiger partial charge is 0.254 e. The van der Waals surface area contributed by atoms with Gasteiger partial charge in [0.25, 0.3) is 5.92 Å². The molecule has 0 aromatic carbocycles. The number of hydrogen-bond acceptors (Lipinski definition) is 3. The molecular weight excluding hydrogens is 228 g/mol. The first-order valence-electron chi connectivity index (χ1n) is 4.02. The number of carbonyl (C=O) groups excluding carboxylic acids is 1. The Hall–Kier alpha value is -1.30. The summed E-state index contributed by atoms with van der Waals surface area (Å²) in [6.07, 6.45) is 0.233. The van der Waals surface area contributed by atoms with E-state index in [1.54, 1.807) is 0 Å². The fraction of sp³-hybridized carbons (Fsp3) is 0.375. The van der Waals surface area contributed by atoms with E-state index in [1.807, 2.05) is 0 Å². The fourth-order valence-electron chi connectivity index (χ4n) is 0.871. The molecule has 0 spiro atoms. The normalized spacial score (nSPS) is 11.2. The number of carbonyl (C=O) groups is 1. The maximum absolute atomic E-state index is 12.4. The summed E-state index contributed by atoms with van der Waals surface area (Å²) < 4.78 is 24.9. The van der Waals surface area contributed by atoms with Crippen LogP contribution in [0, 0.1) is 0 Å². The van der Waals surface area contributed by atoms with Gasteiger partial charge in [0.15, 0.2) is 0 Å². The quantitative estimate of drug-likeness (QED) is 0.817. The zero-order chi connectivity index (χ0) is 11.5. The molecule has 0 aliphatic heterocycles. The Bertz CT molecular complexity index is 367. The van der Waals surface area contributed by atoms with Crippen LogP contribution in [0.2, 0.25) is 5.15 Å². The number of halogens is 3. The second-order valence-electron chi connectivity index (χ2n) is 3.02. The molecule has 15 heavy (non-hydrogen) atoms. The van der Waals surface area contributed by atoms with Crippen molar-refractivity contribution in [2.75, 3.05) is 5.32 Å². The van der Waals surface area contributed by atoms with Gasteiger partial charge in [0, 0.05) is 6.07 Å². The third-order valence-corrected chi connectivity index (χ3v) is 1.58. The number of rotatable bonds is 3. The van der Waals surface area contributed by atoms with Crippen LogP contribution in [0.3, 0.4) is 0 Å². The van der Waals surface area contributed by atoms with Crippen LogP contribution in [0.25, 0.3) is 0 Å². The van der Waals surface area contributed by atoms with Crippen molar-refractivity contribution in [3.05, 3.63) is 17.5 Å². The summed E-state index contributed by atoms with van der Waals surface area (Å²) in [5, 5.41) is 2.31. The first-order chi connectivity index (χ1) is 6.87. The Morgan fingerprint density at radius 3 is 2.80 bits per heavy atom. The maximum Gasteiger partial charge on any atom is 0.254 e. The monoisotopic (exact) mass is 235 g/mol. The van der Waals surface area contributed by atoms with Gasteiger partial charge in [0.05, 0.1) is 6.42 Å². The Morgan fingerprint density at radius 2 is 2.27 bits per heavy atom. The summed E-state index contributed by atoms with van der Waals surface area (Å²) in [4.78, 5) is 18.3.